The molecule has 2 heterocycles. The largest absolute Gasteiger partial charge is 0.359 e. The molecule has 2 aromatic heterocycles. The summed E-state index contributed by atoms with van der Waals surface area (Å²) in [7, 11) is 2.00. The first-order valence-electron chi connectivity index (χ1n) is 8.49. The van der Waals surface area contributed by atoms with Crippen LogP contribution in [0.5, 0.6) is 0 Å². The Kier molecular flexibility index (Phi) is 5.48. The second-order valence-electron chi connectivity index (χ2n) is 6.43. The van der Waals surface area contributed by atoms with Gasteiger partial charge in [-0.05, 0) is 26.5 Å². The molecule has 0 fully saturated rings. The third-order valence-corrected chi connectivity index (χ3v) is 4.22. The molecule has 0 radical (unpaired) electrons. The second-order valence-corrected chi connectivity index (χ2v) is 6.43. The van der Waals surface area contributed by atoms with Crippen LogP contribution in [0.3, 0.4) is 0 Å². The second kappa shape index (κ2) is 7.97. The zero-order valence-electron chi connectivity index (χ0n) is 15.2. The average molecular weight is 353 g/mol. The van der Waals surface area contributed by atoms with Crippen LogP contribution in [0.2, 0.25) is 0 Å². The van der Waals surface area contributed by atoms with E-state index >= 15 is 0 Å². The molecule has 0 atom stereocenters. The highest BCUT2D eigenvalue weighted by Gasteiger charge is 2.15. The number of carbonyl (C=O) groups excluding carboxylic acids is 1. The SMILES string of the molecule is Cc1n[nH]c(C)c1CNC(=O)c1cc(CN(C)Cc2ccccc2)on1. The quantitative estimate of drug-likeness (QED) is 0.682. The maximum Gasteiger partial charge on any atom is 0.273 e. The van der Waals surface area contributed by atoms with E-state index in [0.29, 0.717) is 18.8 Å². The third-order valence-electron chi connectivity index (χ3n) is 4.22. The summed E-state index contributed by atoms with van der Waals surface area (Å²) in [6.45, 7) is 5.61. The Hall–Kier alpha value is -2.93. The van der Waals surface area contributed by atoms with Gasteiger partial charge < -0.3 is 9.84 Å². The molecule has 7 nitrogen and oxygen atoms in total. The standard InChI is InChI=1S/C19H23N5O2/c1-13-17(14(2)22-21-13)10-20-19(25)18-9-16(26-23-18)12-24(3)11-15-7-5-4-6-8-15/h4-9H,10-12H2,1-3H3,(H,20,25)(H,21,22). The number of nitrogens with zero attached hydrogens (tertiary/aromatic N) is 3. The Morgan fingerprint density at radius 1 is 1.23 bits per heavy atom. The lowest BCUT2D eigenvalue weighted by atomic mass is 10.2. The fourth-order valence-corrected chi connectivity index (χ4v) is 2.81. The fraction of sp³-hybridized carbons (Fsp3) is 0.316. The lowest BCUT2D eigenvalue weighted by molar-refractivity contribution is 0.0941. The molecule has 136 valence electrons. The number of aromatic nitrogens is 3. The van der Waals surface area contributed by atoms with Crippen LogP contribution in [0.15, 0.2) is 40.9 Å². The number of rotatable bonds is 7. The number of nitrogens with one attached hydrogen (secondary N) is 2. The van der Waals surface area contributed by atoms with E-state index in [1.54, 1.807) is 6.07 Å². The minimum absolute atomic E-state index is 0.259. The number of hydrogen-bond donors (Lipinski definition) is 2. The summed E-state index contributed by atoms with van der Waals surface area (Å²) in [4.78, 5) is 14.4. The van der Waals surface area contributed by atoms with Crippen LogP contribution in [0, 0.1) is 13.8 Å². The maximum atomic E-state index is 12.3. The molecular weight excluding hydrogens is 330 g/mol. The molecule has 1 aromatic carbocycles. The molecule has 0 saturated heterocycles. The number of aromatic amines is 1. The lowest BCUT2D eigenvalue weighted by Crippen LogP contribution is -2.23. The molecule has 0 saturated carbocycles. The van der Waals surface area contributed by atoms with Crippen LogP contribution >= 0.6 is 0 Å². The van der Waals surface area contributed by atoms with Crippen molar-refractivity contribution in [3.8, 4) is 0 Å². The molecule has 0 bridgehead atoms. The van der Waals surface area contributed by atoms with Gasteiger partial charge in [-0.3, -0.25) is 14.8 Å². The molecule has 26 heavy (non-hydrogen) atoms. The number of H-pyrrole nitrogens is 1. The number of amides is 1. The van der Waals surface area contributed by atoms with Crippen molar-refractivity contribution in [2.45, 2.75) is 33.5 Å². The van der Waals surface area contributed by atoms with Crippen molar-refractivity contribution in [2.75, 3.05) is 7.05 Å². The summed E-state index contributed by atoms with van der Waals surface area (Å²) in [5.74, 6) is 0.398. The summed E-state index contributed by atoms with van der Waals surface area (Å²) in [5, 5.41) is 13.8. The van der Waals surface area contributed by atoms with Gasteiger partial charge in [-0.1, -0.05) is 35.5 Å². The summed E-state index contributed by atoms with van der Waals surface area (Å²) in [6.07, 6.45) is 0. The minimum atomic E-state index is -0.259. The van der Waals surface area contributed by atoms with Crippen molar-refractivity contribution in [1.29, 1.82) is 0 Å². The molecule has 1 amide bonds. The van der Waals surface area contributed by atoms with Gasteiger partial charge in [-0.2, -0.15) is 5.10 Å². The lowest BCUT2D eigenvalue weighted by Gasteiger charge is -2.14. The smallest absolute Gasteiger partial charge is 0.273 e. The molecule has 7 heteroatoms. The highest BCUT2D eigenvalue weighted by Crippen LogP contribution is 2.11. The van der Waals surface area contributed by atoms with Crippen LogP contribution in [0.25, 0.3) is 0 Å². The van der Waals surface area contributed by atoms with Crippen molar-refractivity contribution in [3.63, 3.8) is 0 Å². The van der Waals surface area contributed by atoms with Crippen molar-refractivity contribution >= 4 is 5.91 Å². The Morgan fingerprint density at radius 3 is 2.69 bits per heavy atom. The van der Waals surface area contributed by atoms with Gasteiger partial charge in [0.05, 0.1) is 12.2 Å². The normalized spacial score (nSPS) is 11.1. The summed E-state index contributed by atoms with van der Waals surface area (Å²) in [5.41, 5.74) is 4.33. The number of carbonyl (C=O) groups is 1. The number of benzene rings is 1. The number of hydrogen-bond acceptors (Lipinski definition) is 5. The van der Waals surface area contributed by atoms with Gasteiger partial charge >= 0.3 is 0 Å². The van der Waals surface area contributed by atoms with Crippen molar-refractivity contribution in [3.05, 3.63) is 70.4 Å². The predicted molar refractivity (Wildman–Crippen MR) is 97.3 cm³/mol. The third kappa shape index (κ3) is 4.37. The fourth-order valence-electron chi connectivity index (χ4n) is 2.81. The molecular formula is C19H23N5O2. The van der Waals surface area contributed by atoms with Gasteiger partial charge in [0, 0.05) is 30.4 Å². The Morgan fingerprint density at radius 2 is 2.00 bits per heavy atom. The van der Waals surface area contributed by atoms with E-state index in [0.717, 1.165) is 23.5 Å². The monoisotopic (exact) mass is 353 g/mol. The molecule has 0 aliphatic heterocycles. The van der Waals surface area contributed by atoms with E-state index in [1.165, 1.54) is 5.56 Å². The summed E-state index contributed by atoms with van der Waals surface area (Å²) in [6, 6.07) is 11.9. The van der Waals surface area contributed by atoms with E-state index in [2.05, 4.69) is 37.7 Å². The van der Waals surface area contributed by atoms with Crippen molar-refractivity contribution in [1.82, 2.24) is 25.6 Å². The van der Waals surface area contributed by atoms with Crippen LogP contribution in [0.1, 0.15) is 38.8 Å². The van der Waals surface area contributed by atoms with E-state index in [4.69, 9.17) is 4.52 Å². The molecule has 2 N–H and O–H groups in total. The Bertz CT molecular complexity index is 850. The predicted octanol–water partition coefficient (Wildman–Crippen LogP) is 2.58. The first kappa shape index (κ1) is 17.9. The number of aryl methyl sites for hydroxylation is 2. The van der Waals surface area contributed by atoms with Gasteiger partial charge in [0.2, 0.25) is 0 Å². The van der Waals surface area contributed by atoms with Gasteiger partial charge in [-0.15, -0.1) is 0 Å². The molecule has 0 spiro atoms. The highest BCUT2D eigenvalue weighted by molar-refractivity contribution is 5.92. The zero-order valence-corrected chi connectivity index (χ0v) is 15.2. The molecule has 0 unspecified atom stereocenters. The van der Waals surface area contributed by atoms with Gasteiger partial charge in [-0.25, -0.2) is 0 Å². The summed E-state index contributed by atoms with van der Waals surface area (Å²) >= 11 is 0. The Balaban J connectivity index is 1.54. The molecule has 0 aliphatic rings. The molecule has 3 aromatic rings. The molecule has 3 rings (SSSR count). The highest BCUT2D eigenvalue weighted by atomic mass is 16.5. The van der Waals surface area contributed by atoms with Gasteiger partial charge in [0.1, 0.15) is 0 Å². The van der Waals surface area contributed by atoms with E-state index in [1.807, 2.05) is 39.1 Å². The summed E-state index contributed by atoms with van der Waals surface area (Å²) < 4.78 is 5.31. The van der Waals surface area contributed by atoms with E-state index in [-0.39, 0.29) is 11.6 Å². The van der Waals surface area contributed by atoms with E-state index < -0.39 is 0 Å². The topological polar surface area (TPSA) is 87.0 Å². The van der Waals surface area contributed by atoms with E-state index in [9.17, 15) is 4.79 Å². The van der Waals surface area contributed by atoms with Crippen molar-refractivity contribution in [2.24, 2.45) is 0 Å². The van der Waals surface area contributed by atoms with Crippen LogP contribution < -0.4 is 5.32 Å². The van der Waals surface area contributed by atoms with Crippen molar-refractivity contribution < 1.29 is 9.32 Å². The maximum absolute atomic E-state index is 12.3. The van der Waals surface area contributed by atoms with Gasteiger partial charge in [0.25, 0.3) is 5.91 Å². The van der Waals surface area contributed by atoms with Crippen LogP contribution in [-0.4, -0.2) is 33.2 Å². The Labute approximate surface area is 152 Å². The first-order valence-corrected chi connectivity index (χ1v) is 8.49. The zero-order chi connectivity index (χ0) is 18.5. The van der Waals surface area contributed by atoms with Crippen LogP contribution in [-0.2, 0) is 19.6 Å². The first-order chi connectivity index (χ1) is 12.5. The molecule has 0 aliphatic carbocycles. The minimum Gasteiger partial charge on any atom is -0.359 e. The average Bonchev–Trinajstić information content (AvgIpc) is 3.21. The van der Waals surface area contributed by atoms with Crippen LogP contribution in [0.4, 0.5) is 0 Å². The van der Waals surface area contributed by atoms with Gasteiger partial charge in [0.15, 0.2) is 11.5 Å².